The van der Waals surface area contributed by atoms with Crippen molar-refractivity contribution >= 4 is 11.6 Å². The maximum absolute atomic E-state index is 13.5. The van der Waals surface area contributed by atoms with Crippen molar-refractivity contribution in [2.45, 2.75) is 31.7 Å². The van der Waals surface area contributed by atoms with Gasteiger partial charge < -0.3 is 10.6 Å². The Morgan fingerprint density at radius 1 is 1.23 bits per heavy atom. The quantitative estimate of drug-likeness (QED) is 0.510. The van der Waals surface area contributed by atoms with Gasteiger partial charge in [0.2, 0.25) is 0 Å². The van der Waals surface area contributed by atoms with Gasteiger partial charge in [-0.15, -0.1) is 0 Å². The number of halogens is 3. The molecule has 2 rings (SSSR count). The van der Waals surface area contributed by atoms with Gasteiger partial charge in [-0.1, -0.05) is 12.8 Å². The number of nitrogens with zero attached hydrogens (tertiary/aromatic N) is 1. The average Bonchev–Trinajstić information content (AvgIpc) is 3.00. The van der Waals surface area contributed by atoms with E-state index in [2.05, 4.69) is 10.6 Å². The van der Waals surface area contributed by atoms with Gasteiger partial charge >= 0.3 is 0 Å². The van der Waals surface area contributed by atoms with Crippen LogP contribution in [0, 0.1) is 28.8 Å². The van der Waals surface area contributed by atoms with Crippen molar-refractivity contribution in [1.82, 2.24) is 5.32 Å². The van der Waals surface area contributed by atoms with Crippen LogP contribution < -0.4 is 10.6 Å². The number of nitrogens with one attached hydrogen (secondary N) is 2. The van der Waals surface area contributed by atoms with Gasteiger partial charge in [-0.05, 0) is 25.0 Å². The first kappa shape index (κ1) is 15.9. The van der Waals surface area contributed by atoms with E-state index < -0.39 is 23.4 Å². The summed E-state index contributed by atoms with van der Waals surface area (Å²) in [5.41, 5.74) is -0.628. The van der Waals surface area contributed by atoms with Crippen LogP contribution in [0.15, 0.2) is 23.9 Å². The standard InChI is InChI=1S/C15H14F3N3O/c16-11-5-6-12(14(18)13(11)17)20-8-9(7-19)15(22)21-10-3-1-2-4-10/h5-6,8,10,20H,1-4H2,(H,21,22)/b9-8-. The molecule has 0 radical (unpaired) electrons. The smallest absolute Gasteiger partial charge is 0.263 e. The highest BCUT2D eigenvalue weighted by molar-refractivity contribution is 5.97. The van der Waals surface area contributed by atoms with E-state index in [0.29, 0.717) is 0 Å². The molecule has 4 nitrogen and oxygen atoms in total. The molecule has 1 aromatic carbocycles. The van der Waals surface area contributed by atoms with Gasteiger partial charge in [0.15, 0.2) is 17.5 Å². The highest BCUT2D eigenvalue weighted by Gasteiger charge is 2.19. The summed E-state index contributed by atoms with van der Waals surface area (Å²) in [4.78, 5) is 11.9. The lowest BCUT2D eigenvalue weighted by atomic mass is 10.2. The lowest BCUT2D eigenvalue weighted by Crippen LogP contribution is -2.33. The Morgan fingerprint density at radius 3 is 2.55 bits per heavy atom. The number of anilines is 1. The van der Waals surface area contributed by atoms with Crippen molar-refractivity contribution in [1.29, 1.82) is 5.26 Å². The lowest BCUT2D eigenvalue weighted by Gasteiger charge is -2.11. The third-order valence-corrected chi connectivity index (χ3v) is 3.46. The number of benzene rings is 1. The summed E-state index contributed by atoms with van der Waals surface area (Å²) >= 11 is 0. The van der Waals surface area contributed by atoms with Crippen molar-refractivity contribution in [3.63, 3.8) is 0 Å². The third kappa shape index (κ3) is 3.58. The van der Waals surface area contributed by atoms with Gasteiger partial charge in [-0.25, -0.2) is 13.2 Å². The third-order valence-electron chi connectivity index (χ3n) is 3.46. The van der Waals surface area contributed by atoms with Crippen LogP contribution in [0.25, 0.3) is 0 Å². The van der Waals surface area contributed by atoms with Crippen LogP contribution in [0.1, 0.15) is 25.7 Å². The Labute approximate surface area is 125 Å². The van der Waals surface area contributed by atoms with Crippen LogP contribution in [-0.4, -0.2) is 11.9 Å². The highest BCUT2D eigenvalue weighted by atomic mass is 19.2. The molecule has 7 heteroatoms. The van der Waals surface area contributed by atoms with Gasteiger partial charge in [0.1, 0.15) is 11.6 Å². The SMILES string of the molecule is N#C/C(=C/Nc1ccc(F)c(F)c1F)C(=O)NC1CCCC1. The molecule has 22 heavy (non-hydrogen) atoms. The molecule has 1 aromatic rings. The molecule has 116 valence electrons. The monoisotopic (exact) mass is 309 g/mol. The van der Waals surface area contributed by atoms with Gasteiger partial charge in [0.05, 0.1) is 5.69 Å². The molecule has 0 aromatic heterocycles. The fourth-order valence-corrected chi connectivity index (χ4v) is 2.27. The molecule has 1 aliphatic carbocycles. The molecule has 0 bridgehead atoms. The van der Waals surface area contributed by atoms with Crippen LogP contribution in [0.4, 0.5) is 18.9 Å². The Kier molecular flexibility index (Phi) is 5.04. The number of nitriles is 1. The fourth-order valence-electron chi connectivity index (χ4n) is 2.27. The summed E-state index contributed by atoms with van der Waals surface area (Å²) in [5.74, 6) is -4.92. The molecule has 2 N–H and O–H groups in total. The van der Waals surface area contributed by atoms with Gasteiger partial charge in [0, 0.05) is 12.2 Å². The molecule has 0 aliphatic heterocycles. The molecular formula is C15H14F3N3O. The van der Waals surface area contributed by atoms with E-state index >= 15 is 0 Å². The lowest BCUT2D eigenvalue weighted by molar-refractivity contribution is -0.117. The maximum Gasteiger partial charge on any atom is 0.263 e. The Balaban J connectivity index is 2.08. The molecule has 1 fully saturated rings. The second kappa shape index (κ2) is 6.98. The van der Waals surface area contributed by atoms with Crippen molar-refractivity contribution in [2.75, 3.05) is 5.32 Å². The fraction of sp³-hybridized carbons (Fsp3) is 0.333. The molecule has 0 atom stereocenters. The Hall–Kier alpha value is -2.49. The van der Waals surface area contributed by atoms with E-state index in [1.807, 2.05) is 0 Å². The van der Waals surface area contributed by atoms with Crippen molar-refractivity contribution in [2.24, 2.45) is 0 Å². The minimum Gasteiger partial charge on any atom is -0.358 e. The molecule has 1 aliphatic rings. The largest absolute Gasteiger partial charge is 0.358 e. The normalized spacial score (nSPS) is 15.5. The second-order valence-corrected chi connectivity index (χ2v) is 4.99. The first-order valence-corrected chi connectivity index (χ1v) is 6.84. The molecule has 0 saturated heterocycles. The molecule has 1 amide bonds. The van der Waals surface area contributed by atoms with Crippen molar-refractivity contribution in [3.05, 3.63) is 41.4 Å². The summed E-state index contributed by atoms with van der Waals surface area (Å²) in [6, 6.07) is 3.45. The zero-order valence-electron chi connectivity index (χ0n) is 11.6. The number of hydrogen-bond donors (Lipinski definition) is 2. The van der Waals surface area contributed by atoms with E-state index in [9.17, 15) is 18.0 Å². The number of hydrogen-bond acceptors (Lipinski definition) is 3. The second-order valence-electron chi connectivity index (χ2n) is 4.99. The molecule has 0 unspecified atom stereocenters. The van der Waals surface area contributed by atoms with Crippen molar-refractivity contribution in [3.8, 4) is 6.07 Å². The Morgan fingerprint density at radius 2 is 1.91 bits per heavy atom. The highest BCUT2D eigenvalue weighted by Crippen LogP contribution is 2.20. The van der Waals surface area contributed by atoms with Crippen molar-refractivity contribution < 1.29 is 18.0 Å². The van der Waals surface area contributed by atoms with Crippen LogP contribution in [0.2, 0.25) is 0 Å². The van der Waals surface area contributed by atoms with Gasteiger partial charge in [-0.3, -0.25) is 4.79 Å². The molecule has 0 heterocycles. The van der Waals surface area contributed by atoms with Gasteiger partial charge in [0.25, 0.3) is 5.91 Å². The summed E-state index contributed by atoms with van der Waals surface area (Å²) in [6.07, 6.45) is 4.73. The van der Waals surface area contributed by atoms with E-state index in [4.69, 9.17) is 5.26 Å². The molecule has 0 spiro atoms. The average molecular weight is 309 g/mol. The minimum absolute atomic E-state index is 0.0317. The predicted octanol–water partition coefficient (Wildman–Crippen LogP) is 2.98. The number of amides is 1. The summed E-state index contributed by atoms with van der Waals surface area (Å²) in [7, 11) is 0. The topological polar surface area (TPSA) is 64.9 Å². The molecular weight excluding hydrogens is 295 g/mol. The van der Waals surface area contributed by atoms with Gasteiger partial charge in [-0.2, -0.15) is 5.26 Å². The van der Waals surface area contributed by atoms with E-state index in [0.717, 1.165) is 44.0 Å². The summed E-state index contributed by atoms with van der Waals surface area (Å²) in [6.45, 7) is 0. The maximum atomic E-state index is 13.5. The summed E-state index contributed by atoms with van der Waals surface area (Å²) < 4.78 is 39.3. The predicted molar refractivity (Wildman–Crippen MR) is 74.0 cm³/mol. The van der Waals surface area contributed by atoms with E-state index in [1.165, 1.54) is 0 Å². The van der Waals surface area contributed by atoms with Crippen LogP contribution in [0.5, 0.6) is 0 Å². The van der Waals surface area contributed by atoms with Crippen LogP contribution >= 0.6 is 0 Å². The Bertz CT molecular complexity index is 646. The number of rotatable bonds is 4. The van der Waals surface area contributed by atoms with E-state index in [-0.39, 0.29) is 17.3 Å². The van der Waals surface area contributed by atoms with Crippen LogP contribution in [-0.2, 0) is 4.79 Å². The summed E-state index contributed by atoms with van der Waals surface area (Å²) in [5, 5.41) is 14.0. The first-order valence-electron chi connectivity index (χ1n) is 6.84. The first-order chi connectivity index (χ1) is 10.5. The zero-order valence-corrected chi connectivity index (χ0v) is 11.6. The number of carbonyl (C=O) groups is 1. The minimum atomic E-state index is -1.62. The van der Waals surface area contributed by atoms with E-state index in [1.54, 1.807) is 6.07 Å². The zero-order chi connectivity index (χ0) is 16.1. The number of carbonyl (C=O) groups excluding carboxylic acids is 1. The van der Waals surface area contributed by atoms with Crippen LogP contribution in [0.3, 0.4) is 0 Å². The molecule has 1 saturated carbocycles.